The van der Waals surface area contributed by atoms with Crippen molar-refractivity contribution < 1.29 is 14.5 Å². The molecule has 3 rings (SSSR count). The largest absolute Gasteiger partial charge is 0.494 e. The van der Waals surface area contributed by atoms with E-state index in [0.717, 1.165) is 19.4 Å². The van der Waals surface area contributed by atoms with E-state index in [1.807, 2.05) is 19.3 Å². The van der Waals surface area contributed by atoms with Gasteiger partial charge < -0.3 is 14.6 Å². The zero-order valence-corrected chi connectivity index (χ0v) is 14.8. The number of nitrogens with zero attached hydrogens (tertiary/aromatic N) is 3. The van der Waals surface area contributed by atoms with Crippen LogP contribution in [0.5, 0.6) is 5.75 Å². The summed E-state index contributed by atoms with van der Waals surface area (Å²) in [5.41, 5.74) is 1.55. The van der Waals surface area contributed by atoms with Crippen LogP contribution in [0.1, 0.15) is 24.6 Å². The van der Waals surface area contributed by atoms with Gasteiger partial charge in [0.2, 0.25) is 5.91 Å². The lowest BCUT2D eigenvalue weighted by molar-refractivity contribution is -0.384. The van der Waals surface area contributed by atoms with Crippen LogP contribution in [0.25, 0.3) is 0 Å². The Kier molecular flexibility index (Phi) is 5.22. The van der Waals surface area contributed by atoms with Gasteiger partial charge in [0.05, 0.1) is 36.4 Å². The summed E-state index contributed by atoms with van der Waals surface area (Å²) < 4.78 is 7.25. The zero-order chi connectivity index (χ0) is 18.7. The van der Waals surface area contributed by atoms with Gasteiger partial charge in [0.25, 0.3) is 5.69 Å². The number of non-ortho nitro benzene ring substituents is 1. The van der Waals surface area contributed by atoms with Gasteiger partial charge in [-0.25, -0.2) is 0 Å². The number of benzene rings is 1. The molecular weight excluding hydrogens is 336 g/mol. The molecule has 0 aliphatic carbocycles. The summed E-state index contributed by atoms with van der Waals surface area (Å²) in [6, 6.07) is 8.46. The van der Waals surface area contributed by atoms with Gasteiger partial charge in [-0.2, -0.15) is 0 Å². The van der Waals surface area contributed by atoms with Gasteiger partial charge in [-0.1, -0.05) is 0 Å². The normalized spacial score (nSPS) is 17.2. The van der Waals surface area contributed by atoms with E-state index in [1.165, 1.54) is 31.0 Å². The number of methoxy groups -OCH3 is 1. The standard InChI is InChI=1S/C18H22N4O4/c1-20-9-3-5-15(20)16-6-4-10-21(16)12-18(23)19-14-8-7-13(22(24)25)11-17(14)26-2/h3,5,7-9,11,16H,4,6,10,12H2,1-2H3,(H,19,23)/t16-/m1/s1. The fourth-order valence-corrected chi connectivity index (χ4v) is 3.44. The lowest BCUT2D eigenvalue weighted by Crippen LogP contribution is -2.33. The smallest absolute Gasteiger partial charge is 0.273 e. The molecule has 8 nitrogen and oxygen atoms in total. The molecule has 1 N–H and O–H groups in total. The SMILES string of the molecule is COc1cc([N+](=O)[O-])ccc1NC(=O)CN1CCC[C@@H]1c1cccn1C. The minimum absolute atomic E-state index is 0.0804. The summed E-state index contributed by atoms with van der Waals surface area (Å²) in [7, 11) is 3.42. The Balaban J connectivity index is 1.69. The fourth-order valence-electron chi connectivity index (χ4n) is 3.44. The maximum atomic E-state index is 12.5. The number of nitro groups is 1. The second kappa shape index (κ2) is 7.57. The Hall–Kier alpha value is -2.87. The summed E-state index contributed by atoms with van der Waals surface area (Å²) in [5.74, 6) is 0.103. The number of nitro benzene ring substituents is 1. The Bertz CT molecular complexity index is 817. The Morgan fingerprint density at radius 2 is 2.23 bits per heavy atom. The predicted octanol–water partition coefficient (Wildman–Crippen LogP) is 2.72. The van der Waals surface area contributed by atoms with Crippen LogP contribution < -0.4 is 10.1 Å². The van der Waals surface area contributed by atoms with Gasteiger partial charge in [-0.15, -0.1) is 0 Å². The lowest BCUT2D eigenvalue weighted by atomic mass is 10.1. The summed E-state index contributed by atoms with van der Waals surface area (Å²) in [6.07, 6.45) is 4.07. The van der Waals surface area contributed by atoms with Crippen LogP contribution in [0.2, 0.25) is 0 Å². The van der Waals surface area contributed by atoms with Gasteiger partial charge in [0.1, 0.15) is 5.75 Å². The van der Waals surface area contributed by atoms with Crippen LogP contribution in [0.3, 0.4) is 0 Å². The van der Waals surface area contributed by atoms with Crippen molar-refractivity contribution in [3.05, 3.63) is 52.3 Å². The molecule has 0 radical (unpaired) electrons. The van der Waals surface area contributed by atoms with E-state index in [1.54, 1.807) is 0 Å². The van der Waals surface area contributed by atoms with E-state index < -0.39 is 4.92 Å². The minimum Gasteiger partial charge on any atom is -0.494 e. The molecule has 1 atom stereocenters. The van der Waals surface area contributed by atoms with Crippen LogP contribution >= 0.6 is 0 Å². The molecule has 1 amide bonds. The highest BCUT2D eigenvalue weighted by molar-refractivity contribution is 5.94. The molecular formula is C18H22N4O4. The van der Waals surface area contributed by atoms with E-state index in [-0.39, 0.29) is 29.9 Å². The van der Waals surface area contributed by atoms with Gasteiger partial charge in [0.15, 0.2) is 0 Å². The number of aryl methyl sites for hydroxylation is 1. The van der Waals surface area contributed by atoms with Crippen molar-refractivity contribution in [3.63, 3.8) is 0 Å². The maximum Gasteiger partial charge on any atom is 0.273 e. The first-order valence-electron chi connectivity index (χ1n) is 8.47. The highest BCUT2D eigenvalue weighted by Gasteiger charge is 2.29. The Morgan fingerprint density at radius 3 is 2.88 bits per heavy atom. The number of rotatable bonds is 6. The van der Waals surface area contributed by atoms with Crippen molar-refractivity contribution in [2.24, 2.45) is 7.05 Å². The van der Waals surface area contributed by atoms with Crippen molar-refractivity contribution in [2.45, 2.75) is 18.9 Å². The number of amides is 1. The monoisotopic (exact) mass is 358 g/mol. The number of carbonyl (C=O) groups excluding carboxylic acids is 1. The molecule has 1 fully saturated rings. The predicted molar refractivity (Wildman–Crippen MR) is 97.2 cm³/mol. The second-order valence-corrected chi connectivity index (χ2v) is 6.36. The quantitative estimate of drug-likeness (QED) is 0.633. The number of carbonyl (C=O) groups is 1. The molecule has 0 spiro atoms. The van der Waals surface area contributed by atoms with E-state index in [4.69, 9.17) is 4.74 Å². The zero-order valence-electron chi connectivity index (χ0n) is 14.8. The molecule has 2 aromatic rings. The van der Waals surface area contributed by atoms with E-state index in [0.29, 0.717) is 5.69 Å². The van der Waals surface area contributed by atoms with Crippen molar-refractivity contribution in [2.75, 3.05) is 25.5 Å². The fraction of sp³-hybridized carbons (Fsp3) is 0.389. The molecule has 0 bridgehead atoms. The highest BCUT2D eigenvalue weighted by atomic mass is 16.6. The van der Waals surface area contributed by atoms with Crippen molar-refractivity contribution >= 4 is 17.3 Å². The molecule has 1 aliphatic heterocycles. The second-order valence-electron chi connectivity index (χ2n) is 6.36. The molecule has 0 saturated carbocycles. The van der Waals surface area contributed by atoms with Gasteiger partial charge in [-0.3, -0.25) is 19.8 Å². The number of aromatic nitrogens is 1. The molecule has 26 heavy (non-hydrogen) atoms. The third-order valence-electron chi connectivity index (χ3n) is 4.71. The molecule has 8 heteroatoms. The highest BCUT2D eigenvalue weighted by Crippen LogP contribution is 2.32. The molecule has 1 aromatic carbocycles. The van der Waals surface area contributed by atoms with Crippen LogP contribution in [0.15, 0.2) is 36.5 Å². The topological polar surface area (TPSA) is 89.6 Å². The minimum atomic E-state index is -0.497. The van der Waals surface area contributed by atoms with E-state index >= 15 is 0 Å². The summed E-state index contributed by atoms with van der Waals surface area (Å²) in [5, 5.41) is 13.7. The molecule has 2 heterocycles. The number of anilines is 1. The van der Waals surface area contributed by atoms with Gasteiger partial charge >= 0.3 is 0 Å². The van der Waals surface area contributed by atoms with E-state index in [2.05, 4.69) is 20.9 Å². The molecule has 1 aromatic heterocycles. The summed E-state index contributed by atoms with van der Waals surface area (Å²) >= 11 is 0. The number of nitrogens with one attached hydrogen (secondary N) is 1. The Labute approximate surface area is 151 Å². The van der Waals surface area contributed by atoms with Crippen LogP contribution in [-0.4, -0.2) is 40.5 Å². The van der Waals surface area contributed by atoms with Crippen LogP contribution in [0, 0.1) is 10.1 Å². The maximum absolute atomic E-state index is 12.5. The van der Waals surface area contributed by atoms with Crippen molar-refractivity contribution in [1.82, 2.24) is 9.47 Å². The van der Waals surface area contributed by atoms with Gasteiger partial charge in [-0.05, 0) is 37.6 Å². The van der Waals surface area contributed by atoms with Crippen LogP contribution in [-0.2, 0) is 11.8 Å². The molecule has 1 saturated heterocycles. The molecule has 0 unspecified atom stereocenters. The first kappa shape index (κ1) is 17.9. The first-order valence-corrected chi connectivity index (χ1v) is 8.47. The van der Waals surface area contributed by atoms with E-state index in [9.17, 15) is 14.9 Å². The number of hydrogen-bond acceptors (Lipinski definition) is 5. The van der Waals surface area contributed by atoms with Gasteiger partial charge in [0, 0.05) is 25.0 Å². The third kappa shape index (κ3) is 3.70. The first-order chi connectivity index (χ1) is 12.5. The molecule has 1 aliphatic rings. The number of ether oxygens (including phenoxy) is 1. The summed E-state index contributed by atoms with van der Waals surface area (Å²) in [6.45, 7) is 1.12. The Morgan fingerprint density at radius 1 is 1.42 bits per heavy atom. The van der Waals surface area contributed by atoms with Crippen molar-refractivity contribution in [1.29, 1.82) is 0 Å². The van der Waals surface area contributed by atoms with Crippen molar-refractivity contribution in [3.8, 4) is 5.75 Å². The average Bonchev–Trinajstić information content (AvgIpc) is 3.23. The lowest BCUT2D eigenvalue weighted by Gasteiger charge is -2.24. The number of likely N-dealkylation sites (tertiary alicyclic amines) is 1. The number of hydrogen-bond donors (Lipinski definition) is 1. The third-order valence-corrected chi connectivity index (χ3v) is 4.71. The van der Waals surface area contributed by atoms with Crippen LogP contribution in [0.4, 0.5) is 11.4 Å². The summed E-state index contributed by atoms with van der Waals surface area (Å²) in [4.78, 5) is 25.0. The molecule has 138 valence electrons. The average molecular weight is 358 g/mol.